The van der Waals surface area contributed by atoms with Crippen LogP contribution in [0.15, 0.2) is 18.2 Å². The molecule has 0 saturated carbocycles. The fourth-order valence-corrected chi connectivity index (χ4v) is 2.49. The molecular weight excluding hydrogens is 224 g/mol. The number of nitrogens with zero attached hydrogens (tertiary/aromatic N) is 2. The van der Waals surface area contributed by atoms with Crippen molar-refractivity contribution in [3.63, 3.8) is 0 Å². The Morgan fingerprint density at radius 2 is 2.33 bits per heavy atom. The van der Waals surface area contributed by atoms with E-state index >= 15 is 0 Å². The number of hydrogen-bond acceptors (Lipinski definition) is 3. The fourth-order valence-electron chi connectivity index (χ4n) is 2.49. The molecule has 1 fully saturated rings. The molecule has 1 unspecified atom stereocenters. The van der Waals surface area contributed by atoms with Crippen molar-refractivity contribution < 1.29 is 4.74 Å². The van der Waals surface area contributed by atoms with Crippen molar-refractivity contribution in [3.05, 3.63) is 29.3 Å². The first kappa shape index (κ1) is 12.9. The molecule has 1 aromatic rings. The summed E-state index contributed by atoms with van der Waals surface area (Å²) in [7, 11) is 2.17. The van der Waals surface area contributed by atoms with Crippen LogP contribution in [0, 0.1) is 18.3 Å². The van der Waals surface area contributed by atoms with Gasteiger partial charge in [-0.15, -0.1) is 0 Å². The van der Waals surface area contributed by atoms with Gasteiger partial charge in [0.05, 0.1) is 12.2 Å². The van der Waals surface area contributed by atoms with Crippen molar-refractivity contribution in [2.45, 2.75) is 32.2 Å². The Morgan fingerprint density at radius 3 is 3.00 bits per heavy atom. The third-order valence-electron chi connectivity index (χ3n) is 3.64. The zero-order valence-electron chi connectivity index (χ0n) is 11.1. The molecule has 1 atom stereocenters. The third-order valence-corrected chi connectivity index (χ3v) is 3.64. The Kier molecular flexibility index (Phi) is 4.22. The molecule has 0 radical (unpaired) electrons. The minimum absolute atomic E-state index is 0.625. The molecule has 0 N–H and O–H groups in total. The van der Waals surface area contributed by atoms with E-state index in [2.05, 4.69) is 18.0 Å². The molecule has 3 heteroatoms. The van der Waals surface area contributed by atoms with E-state index in [9.17, 15) is 0 Å². The van der Waals surface area contributed by atoms with Crippen LogP contribution in [0.3, 0.4) is 0 Å². The van der Waals surface area contributed by atoms with E-state index in [0.29, 0.717) is 18.2 Å². The highest BCUT2D eigenvalue weighted by Crippen LogP contribution is 2.21. The second kappa shape index (κ2) is 5.88. The van der Waals surface area contributed by atoms with Gasteiger partial charge >= 0.3 is 0 Å². The Labute approximate surface area is 109 Å². The summed E-state index contributed by atoms with van der Waals surface area (Å²) in [6.07, 6.45) is 3.59. The first-order valence-electron chi connectivity index (χ1n) is 6.54. The lowest BCUT2D eigenvalue weighted by molar-refractivity contribution is 0.233. The Bertz CT molecular complexity index is 450. The molecule has 0 spiro atoms. The van der Waals surface area contributed by atoms with E-state index in [1.165, 1.54) is 19.4 Å². The van der Waals surface area contributed by atoms with Crippen molar-refractivity contribution in [2.24, 2.45) is 0 Å². The van der Waals surface area contributed by atoms with E-state index in [1.807, 2.05) is 25.1 Å². The largest absolute Gasteiger partial charge is 0.492 e. The van der Waals surface area contributed by atoms with Gasteiger partial charge in [0.25, 0.3) is 0 Å². The molecule has 1 heterocycles. The standard InChI is InChI=1S/C15H20N2O/c1-12-5-6-13(11-16)15(10-12)18-9-7-14-4-3-8-17(14)2/h5-6,10,14H,3-4,7-9H2,1-2H3. The summed E-state index contributed by atoms with van der Waals surface area (Å²) in [5.41, 5.74) is 1.75. The summed E-state index contributed by atoms with van der Waals surface area (Å²) in [5.74, 6) is 0.721. The quantitative estimate of drug-likeness (QED) is 0.817. The van der Waals surface area contributed by atoms with Crippen LogP contribution < -0.4 is 4.74 Å². The lowest BCUT2D eigenvalue weighted by Gasteiger charge is -2.19. The van der Waals surface area contributed by atoms with Crippen LogP contribution in [-0.4, -0.2) is 31.1 Å². The van der Waals surface area contributed by atoms with Crippen molar-refractivity contribution in [1.82, 2.24) is 4.90 Å². The van der Waals surface area contributed by atoms with Crippen molar-refractivity contribution in [3.8, 4) is 11.8 Å². The molecule has 0 amide bonds. The highest BCUT2D eigenvalue weighted by Gasteiger charge is 2.20. The average Bonchev–Trinajstić information content (AvgIpc) is 2.76. The summed E-state index contributed by atoms with van der Waals surface area (Å²) < 4.78 is 5.77. The Hall–Kier alpha value is -1.53. The van der Waals surface area contributed by atoms with Crippen LogP contribution in [0.25, 0.3) is 0 Å². The summed E-state index contributed by atoms with van der Waals surface area (Å²) in [4.78, 5) is 2.39. The zero-order valence-corrected chi connectivity index (χ0v) is 11.1. The second-order valence-corrected chi connectivity index (χ2v) is 5.03. The van der Waals surface area contributed by atoms with Gasteiger partial charge in [-0.25, -0.2) is 0 Å². The van der Waals surface area contributed by atoms with Gasteiger partial charge in [0.2, 0.25) is 0 Å². The summed E-state index contributed by atoms with van der Waals surface area (Å²) in [6, 6.07) is 8.52. The van der Waals surface area contributed by atoms with Gasteiger partial charge in [0.1, 0.15) is 11.8 Å². The number of likely N-dealkylation sites (tertiary alicyclic amines) is 1. The van der Waals surface area contributed by atoms with Gasteiger partial charge in [-0.05, 0) is 57.5 Å². The first-order chi connectivity index (χ1) is 8.70. The number of hydrogen-bond donors (Lipinski definition) is 0. The second-order valence-electron chi connectivity index (χ2n) is 5.03. The molecule has 1 aromatic carbocycles. The molecule has 96 valence electrons. The highest BCUT2D eigenvalue weighted by molar-refractivity contribution is 5.44. The predicted octanol–water partition coefficient (Wildman–Crippen LogP) is 2.73. The van der Waals surface area contributed by atoms with Gasteiger partial charge in [0.15, 0.2) is 0 Å². The van der Waals surface area contributed by atoms with E-state index < -0.39 is 0 Å². The maximum Gasteiger partial charge on any atom is 0.137 e. The predicted molar refractivity (Wildman–Crippen MR) is 71.7 cm³/mol. The lowest BCUT2D eigenvalue weighted by Crippen LogP contribution is -2.26. The monoisotopic (exact) mass is 244 g/mol. The third kappa shape index (κ3) is 3.02. The first-order valence-corrected chi connectivity index (χ1v) is 6.54. The van der Waals surface area contributed by atoms with Crippen molar-refractivity contribution in [1.29, 1.82) is 5.26 Å². The topological polar surface area (TPSA) is 36.3 Å². The molecule has 0 aliphatic carbocycles. The zero-order chi connectivity index (χ0) is 13.0. The molecule has 2 rings (SSSR count). The normalized spacial score (nSPS) is 19.7. The summed E-state index contributed by atoms with van der Waals surface area (Å²) in [6.45, 7) is 3.89. The lowest BCUT2D eigenvalue weighted by atomic mass is 10.1. The van der Waals surface area contributed by atoms with Crippen LogP contribution in [0.5, 0.6) is 5.75 Å². The van der Waals surface area contributed by atoms with E-state index in [-0.39, 0.29) is 0 Å². The molecular formula is C15H20N2O. The summed E-state index contributed by atoms with van der Waals surface area (Å²) >= 11 is 0. The molecule has 1 saturated heterocycles. The number of nitriles is 1. The van der Waals surface area contributed by atoms with E-state index in [0.717, 1.165) is 17.7 Å². The van der Waals surface area contributed by atoms with E-state index in [4.69, 9.17) is 10.00 Å². The van der Waals surface area contributed by atoms with Crippen LogP contribution >= 0.6 is 0 Å². The average molecular weight is 244 g/mol. The number of ether oxygens (including phenoxy) is 1. The SMILES string of the molecule is Cc1ccc(C#N)c(OCCC2CCCN2C)c1. The van der Waals surface area contributed by atoms with Gasteiger partial charge in [-0.2, -0.15) is 5.26 Å². The van der Waals surface area contributed by atoms with E-state index in [1.54, 1.807) is 0 Å². The van der Waals surface area contributed by atoms with Gasteiger partial charge in [-0.3, -0.25) is 0 Å². The molecule has 0 aromatic heterocycles. The Balaban J connectivity index is 1.90. The molecule has 18 heavy (non-hydrogen) atoms. The maximum absolute atomic E-state index is 9.02. The van der Waals surface area contributed by atoms with Crippen LogP contribution in [0.1, 0.15) is 30.4 Å². The van der Waals surface area contributed by atoms with Crippen molar-refractivity contribution >= 4 is 0 Å². The number of aryl methyl sites for hydroxylation is 1. The minimum atomic E-state index is 0.625. The number of rotatable bonds is 4. The van der Waals surface area contributed by atoms with Crippen LogP contribution in [-0.2, 0) is 0 Å². The minimum Gasteiger partial charge on any atom is -0.492 e. The summed E-state index contributed by atoms with van der Waals surface area (Å²) in [5, 5.41) is 9.02. The number of benzene rings is 1. The fraction of sp³-hybridized carbons (Fsp3) is 0.533. The van der Waals surface area contributed by atoms with Gasteiger partial charge in [-0.1, -0.05) is 6.07 Å². The van der Waals surface area contributed by atoms with Crippen LogP contribution in [0.4, 0.5) is 0 Å². The highest BCUT2D eigenvalue weighted by atomic mass is 16.5. The molecule has 1 aliphatic heterocycles. The smallest absolute Gasteiger partial charge is 0.137 e. The van der Waals surface area contributed by atoms with Gasteiger partial charge < -0.3 is 9.64 Å². The van der Waals surface area contributed by atoms with Crippen molar-refractivity contribution in [2.75, 3.05) is 20.2 Å². The van der Waals surface area contributed by atoms with Gasteiger partial charge in [0, 0.05) is 6.04 Å². The molecule has 3 nitrogen and oxygen atoms in total. The maximum atomic E-state index is 9.02. The molecule has 0 bridgehead atoms. The molecule has 1 aliphatic rings. The van der Waals surface area contributed by atoms with Crippen LogP contribution in [0.2, 0.25) is 0 Å². The Morgan fingerprint density at radius 1 is 1.50 bits per heavy atom.